The Morgan fingerprint density at radius 3 is 2.84 bits per heavy atom. The van der Waals surface area contributed by atoms with E-state index in [0.717, 1.165) is 12.1 Å². The molecule has 2 N–H and O–H groups in total. The molecule has 5 nitrogen and oxygen atoms in total. The summed E-state index contributed by atoms with van der Waals surface area (Å²) < 4.78 is 17.5. The number of hydrogen-bond donors (Lipinski definition) is 2. The van der Waals surface area contributed by atoms with Crippen LogP contribution in [0.3, 0.4) is 0 Å². The van der Waals surface area contributed by atoms with Crippen LogP contribution in [-0.2, 0) is 9.53 Å². The maximum absolute atomic E-state index is 13.1. The predicted molar refractivity (Wildman–Crippen MR) is 64.7 cm³/mol. The van der Waals surface area contributed by atoms with Crippen molar-refractivity contribution in [3.63, 3.8) is 0 Å². The Labute approximate surface area is 109 Å². The Morgan fingerprint density at radius 2 is 2.21 bits per heavy atom. The number of methoxy groups -OCH3 is 1. The molecule has 0 bridgehead atoms. The number of carbonyl (C=O) groups excluding carboxylic acids is 2. The van der Waals surface area contributed by atoms with Gasteiger partial charge in [0.1, 0.15) is 19.0 Å². The van der Waals surface area contributed by atoms with E-state index in [2.05, 4.69) is 21.9 Å². The van der Waals surface area contributed by atoms with Crippen molar-refractivity contribution < 1.29 is 23.8 Å². The van der Waals surface area contributed by atoms with E-state index < -0.39 is 17.7 Å². The highest BCUT2D eigenvalue weighted by Gasteiger charge is 2.12. The number of ether oxygens (including phenoxy) is 1. The Morgan fingerprint density at radius 1 is 1.47 bits per heavy atom. The molecule has 1 rings (SSSR count). The first-order valence-corrected chi connectivity index (χ1v) is 5.32. The standard InChI is InChI=1S/C13H12FNO4/c1-19-12(17)8-15-13(18)11-7-10(14)5-4-9(11)3-2-6-16/h4-5,7,16H,6,8H2,1H3,(H,15,18). The van der Waals surface area contributed by atoms with Crippen LogP contribution < -0.4 is 5.32 Å². The molecule has 0 aliphatic rings. The van der Waals surface area contributed by atoms with E-state index in [1.165, 1.54) is 13.2 Å². The third kappa shape index (κ3) is 4.41. The molecule has 19 heavy (non-hydrogen) atoms. The lowest BCUT2D eigenvalue weighted by molar-refractivity contribution is -0.139. The van der Waals surface area contributed by atoms with E-state index in [-0.39, 0.29) is 24.3 Å². The summed E-state index contributed by atoms with van der Waals surface area (Å²) in [5, 5.41) is 10.9. The minimum atomic E-state index is -0.646. The molecule has 1 aromatic carbocycles. The van der Waals surface area contributed by atoms with Crippen LogP contribution in [0.1, 0.15) is 15.9 Å². The van der Waals surface area contributed by atoms with Gasteiger partial charge in [-0.3, -0.25) is 9.59 Å². The van der Waals surface area contributed by atoms with E-state index in [4.69, 9.17) is 5.11 Å². The van der Waals surface area contributed by atoms with Gasteiger partial charge in [0.15, 0.2) is 0 Å². The molecule has 1 amide bonds. The van der Waals surface area contributed by atoms with Crippen molar-refractivity contribution in [2.24, 2.45) is 0 Å². The van der Waals surface area contributed by atoms with Gasteiger partial charge >= 0.3 is 5.97 Å². The van der Waals surface area contributed by atoms with E-state index in [9.17, 15) is 14.0 Å². The summed E-state index contributed by atoms with van der Waals surface area (Å²) in [4.78, 5) is 22.7. The number of benzene rings is 1. The normalized spacial score (nSPS) is 9.21. The SMILES string of the molecule is COC(=O)CNC(=O)c1cc(F)ccc1C#CCO. The lowest BCUT2D eigenvalue weighted by atomic mass is 10.1. The Balaban J connectivity index is 2.94. The smallest absolute Gasteiger partial charge is 0.325 e. The fourth-order valence-electron chi connectivity index (χ4n) is 1.27. The molecule has 6 heteroatoms. The molecule has 0 atom stereocenters. The molecule has 0 fully saturated rings. The number of aliphatic hydroxyl groups is 1. The first kappa shape index (κ1) is 14.7. The van der Waals surface area contributed by atoms with Crippen LogP contribution >= 0.6 is 0 Å². The van der Waals surface area contributed by atoms with Crippen LogP contribution in [0.25, 0.3) is 0 Å². The van der Waals surface area contributed by atoms with Crippen molar-refractivity contribution in [2.45, 2.75) is 0 Å². The highest BCUT2D eigenvalue weighted by Crippen LogP contribution is 2.10. The van der Waals surface area contributed by atoms with E-state index in [0.29, 0.717) is 0 Å². The number of nitrogens with one attached hydrogen (secondary N) is 1. The number of carbonyl (C=O) groups is 2. The molecule has 0 unspecified atom stereocenters. The zero-order chi connectivity index (χ0) is 14.3. The topological polar surface area (TPSA) is 75.6 Å². The summed E-state index contributed by atoms with van der Waals surface area (Å²) >= 11 is 0. The molecule has 0 aliphatic carbocycles. The minimum Gasteiger partial charge on any atom is -0.468 e. The van der Waals surface area contributed by atoms with Gasteiger partial charge in [0.2, 0.25) is 0 Å². The van der Waals surface area contributed by atoms with Gasteiger partial charge in [-0.25, -0.2) is 4.39 Å². The summed E-state index contributed by atoms with van der Waals surface area (Å²) in [6.07, 6.45) is 0. The second-order valence-corrected chi connectivity index (χ2v) is 3.41. The first-order chi connectivity index (χ1) is 9.08. The van der Waals surface area contributed by atoms with E-state index >= 15 is 0 Å². The molecular formula is C13H12FNO4. The van der Waals surface area contributed by atoms with Crippen molar-refractivity contribution in [2.75, 3.05) is 20.3 Å². The van der Waals surface area contributed by atoms with Crippen molar-refractivity contribution >= 4 is 11.9 Å². The van der Waals surface area contributed by atoms with Gasteiger partial charge in [-0.1, -0.05) is 11.8 Å². The average molecular weight is 265 g/mol. The van der Waals surface area contributed by atoms with Gasteiger partial charge in [-0.05, 0) is 18.2 Å². The number of rotatable bonds is 3. The summed E-state index contributed by atoms with van der Waals surface area (Å²) in [6, 6.07) is 3.48. The zero-order valence-electron chi connectivity index (χ0n) is 10.2. The lowest BCUT2D eigenvalue weighted by Crippen LogP contribution is -2.30. The summed E-state index contributed by atoms with van der Waals surface area (Å²) in [6.45, 7) is -0.695. The zero-order valence-corrected chi connectivity index (χ0v) is 10.2. The highest BCUT2D eigenvalue weighted by molar-refractivity contribution is 5.98. The Kier molecular flexibility index (Phi) is 5.51. The number of amides is 1. The Bertz CT molecular complexity index is 545. The van der Waals surface area contributed by atoms with Crippen molar-refractivity contribution in [3.8, 4) is 11.8 Å². The van der Waals surface area contributed by atoms with Crippen molar-refractivity contribution in [1.29, 1.82) is 0 Å². The molecule has 0 heterocycles. The second kappa shape index (κ2) is 7.13. The molecular weight excluding hydrogens is 253 g/mol. The third-order valence-electron chi connectivity index (χ3n) is 2.15. The summed E-state index contributed by atoms with van der Waals surface area (Å²) in [5.41, 5.74) is 0.252. The number of hydrogen-bond acceptors (Lipinski definition) is 4. The predicted octanol–water partition coefficient (Wildman–Crippen LogP) is 0.0723. The van der Waals surface area contributed by atoms with Gasteiger partial charge in [0.05, 0.1) is 12.7 Å². The maximum Gasteiger partial charge on any atom is 0.325 e. The van der Waals surface area contributed by atoms with Crippen LogP contribution in [0, 0.1) is 17.7 Å². The number of esters is 1. The first-order valence-electron chi connectivity index (χ1n) is 5.32. The number of halogens is 1. The molecule has 100 valence electrons. The van der Waals surface area contributed by atoms with Gasteiger partial charge in [-0.15, -0.1) is 0 Å². The molecule has 1 aromatic rings. The van der Waals surface area contributed by atoms with E-state index in [1.54, 1.807) is 0 Å². The van der Waals surface area contributed by atoms with Crippen LogP contribution in [-0.4, -0.2) is 37.2 Å². The second-order valence-electron chi connectivity index (χ2n) is 3.41. The van der Waals surface area contributed by atoms with Gasteiger partial charge in [0, 0.05) is 5.56 Å². The molecule has 0 saturated heterocycles. The van der Waals surface area contributed by atoms with Crippen LogP contribution in [0.5, 0.6) is 0 Å². The molecule has 0 saturated carbocycles. The lowest BCUT2D eigenvalue weighted by Gasteiger charge is -2.06. The van der Waals surface area contributed by atoms with Crippen LogP contribution in [0.15, 0.2) is 18.2 Å². The summed E-state index contributed by atoms with van der Waals surface area (Å²) in [7, 11) is 1.19. The highest BCUT2D eigenvalue weighted by atomic mass is 19.1. The molecule has 0 radical (unpaired) electrons. The van der Waals surface area contributed by atoms with Gasteiger partial charge < -0.3 is 15.2 Å². The fourth-order valence-corrected chi connectivity index (χ4v) is 1.27. The largest absolute Gasteiger partial charge is 0.468 e. The van der Waals surface area contributed by atoms with Crippen LogP contribution in [0.4, 0.5) is 4.39 Å². The monoisotopic (exact) mass is 265 g/mol. The number of aliphatic hydroxyl groups excluding tert-OH is 1. The summed E-state index contributed by atoms with van der Waals surface area (Å²) in [5.74, 6) is 3.03. The molecule has 0 aromatic heterocycles. The van der Waals surface area contributed by atoms with E-state index in [1.807, 2.05) is 0 Å². The van der Waals surface area contributed by atoms with Crippen LogP contribution in [0.2, 0.25) is 0 Å². The molecule has 0 spiro atoms. The third-order valence-corrected chi connectivity index (χ3v) is 2.15. The van der Waals surface area contributed by atoms with Gasteiger partial charge in [0.25, 0.3) is 5.91 Å². The minimum absolute atomic E-state index is 0.00940. The Hall–Kier alpha value is -2.39. The fraction of sp³-hybridized carbons (Fsp3) is 0.231. The quantitative estimate of drug-likeness (QED) is 0.599. The van der Waals surface area contributed by atoms with Crippen molar-refractivity contribution in [1.82, 2.24) is 5.32 Å². The average Bonchev–Trinajstić information content (AvgIpc) is 2.42. The maximum atomic E-state index is 13.1. The molecule has 0 aliphatic heterocycles. The van der Waals surface area contributed by atoms with Crippen molar-refractivity contribution in [3.05, 3.63) is 35.1 Å². The van der Waals surface area contributed by atoms with Gasteiger partial charge in [-0.2, -0.15) is 0 Å².